The zero-order chi connectivity index (χ0) is 29.6. The highest BCUT2D eigenvalue weighted by Crippen LogP contribution is 2.43. The summed E-state index contributed by atoms with van der Waals surface area (Å²) in [6.45, 7) is 8.22. The maximum absolute atomic E-state index is 13.6. The smallest absolute Gasteiger partial charge is 0.410 e. The van der Waals surface area contributed by atoms with Crippen LogP contribution in [0.3, 0.4) is 0 Å². The zero-order valence-corrected chi connectivity index (χ0v) is 25.1. The molecule has 1 saturated heterocycles. The Morgan fingerprint density at radius 1 is 1.07 bits per heavy atom. The number of aromatic nitrogens is 2. The number of fused-ring (bicyclic) bond motifs is 2. The van der Waals surface area contributed by atoms with Crippen molar-refractivity contribution in [3.8, 4) is 17.3 Å². The van der Waals surface area contributed by atoms with Crippen molar-refractivity contribution in [3.63, 3.8) is 0 Å². The summed E-state index contributed by atoms with van der Waals surface area (Å²) >= 11 is 1.33. The van der Waals surface area contributed by atoms with Crippen molar-refractivity contribution in [2.75, 3.05) is 43.0 Å². The number of carbonyl (C=O) groups excluding carboxylic acids is 1. The SMILES string of the molecule is CN(c1nc(-c2ccc(F)cc2)c(C#N)s1)c1c2c(nc3ccc(N4CCN(C(=O)OC(C)(C)C)CC4)cc13)CCC2. The minimum Gasteiger partial charge on any atom is -0.444 e. The molecular weight excluding hydrogens is 551 g/mol. The number of aryl methyl sites for hydroxylation is 1. The standard InChI is InChI=1S/C32H33FN6O2S/c1-32(2,3)41-31(40)39-16-14-38(15-17-39)22-12-13-26-24(18-22)29(23-6-5-7-25(23)35-26)37(4)30-36-28(27(19-34)42-30)20-8-10-21(33)11-9-20/h8-13,18H,5-7,14-17H2,1-4H3. The Labute approximate surface area is 249 Å². The molecule has 0 unspecified atom stereocenters. The van der Waals surface area contributed by atoms with Gasteiger partial charge < -0.3 is 19.4 Å². The number of hydrogen-bond acceptors (Lipinski definition) is 8. The zero-order valence-electron chi connectivity index (χ0n) is 24.3. The van der Waals surface area contributed by atoms with Gasteiger partial charge in [0.2, 0.25) is 0 Å². The average Bonchev–Trinajstić information content (AvgIpc) is 3.62. The van der Waals surface area contributed by atoms with Gasteiger partial charge in [0.25, 0.3) is 0 Å². The molecular formula is C32H33FN6O2S. The summed E-state index contributed by atoms with van der Waals surface area (Å²) < 4.78 is 19.1. The molecule has 2 aromatic heterocycles. The fourth-order valence-corrected chi connectivity index (χ4v) is 6.56. The third-order valence-corrected chi connectivity index (χ3v) is 8.76. The third-order valence-electron chi connectivity index (χ3n) is 7.72. The normalized spacial score (nSPS) is 15.0. The molecule has 1 aliphatic carbocycles. The Hall–Kier alpha value is -4.23. The molecule has 8 nitrogen and oxygen atoms in total. The van der Waals surface area contributed by atoms with E-state index in [1.807, 2.05) is 27.8 Å². The molecule has 0 bridgehead atoms. The first-order valence-electron chi connectivity index (χ1n) is 14.2. The second kappa shape index (κ2) is 10.9. The van der Waals surface area contributed by atoms with Crippen molar-refractivity contribution in [2.45, 2.75) is 45.6 Å². The van der Waals surface area contributed by atoms with Crippen molar-refractivity contribution in [1.29, 1.82) is 5.26 Å². The molecule has 0 N–H and O–H groups in total. The van der Waals surface area contributed by atoms with Crippen molar-refractivity contribution in [3.05, 3.63) is 64.4 Å². The molecule has 6 rings (SSSR count). The lowest BCUT2D eigenvalue weighted by atomic mass is 10.0. The fourth-order valence-electron chi connectivity index (χ4n) is 5.71. The van der Waals surface area contributed by atoms with Gasteiger partial charge >= 0.3 is 6.09 Å². The van der Waals surface area contributed by atoms with Crippen LogP contribution in [0.1, 0.15) is 43.3 Å². The van der Waals surface area contributed by atoms with E-state index in [0.29, 0.717) is 47.4 Å². The number of ether oxygens (including phenoxy) is 1. The molecule has 10 heteroatoms. The monoisotopic (exact) mass is 584 g/mol. The molecule has 2 aliphatic rings. The molecule has 1 amide bonds. The van der Waals surface area contributed by atoms with E-state index >= 15 is 0 Å². The molecule has 2 aromatic carbocycles. The highest BCUT2D eigenvalue weighted by atomic mass is 32.1. The van der Waals surface area contributed by atoms with Gasteiger partial charge in [-0.05, 0) is 88.1 Å². The number of nitriles is 1. The number of hydrogen-bond donors (Lipinski definition) is 0. The minimum absolute atomic E-state index is 0.274. The second-order valence-corrected chi connectivity index (χ2v) is 12.7. The predicted molar refractivity (Wildman–Crippen MR) is 164 cm³/mol. The predicted octanol–water partition coefficient (Wildman–Crippen LogP) is 6.68. The van der Waals surface area contributed by atoms with Gasteiger partial charge in [-0.1, -0.05) is 11.3 Å². The maximum Gasteiger partial charge on any atom is 0.410 e. The lowest BCUT2D eigenvalue weighted by molar-refractivity contribution is 0.0240. The lowest BCUT2D eigenvalue weighted by Crippen LogP contribution is -2.50. The van der Waals surface area contributed by atoms with Gasteiger partial charge in [-0.3, -0.25) is 4.98 Å². The van der Waals surface area contributed by atoms with Gasteiger partial charge in [-0.25, -0.2) is 14.2 Å². The first-order chi connectivity index (χ1) is 20.1. The number of nitrogens with zero attached hydrogens (tertiary/aromatic N) is 6. The van der Waals surface area contributed by atoms with Gasteiger partial charge in [-0.15, -0.1) is 0 Å². The number of anilines is 3. The number of rotatable bonds is 4. The largest absolute Gasteiger partial charge is 0.444 e. The van der Waals surface area contributed by atoms with Crippen LogP contribution < -0.4 is 9.80 Å². The summed E-state index contributed by atoms with van der Waals surface area (Å²) in [5, 5.41) is 11.6. The van der Waals surface area contributed by atoms with E-state index in [9.17, 15) is 14.4 Å². The number of thiazole rings is 1. The van der Waals surface area contributed by atoms with Crippen molar-refractivity contribution < 1.29 is 13.9 Å². The van der Waals surface area contributed by atoms with Crippen LogP contribution in [0.2, 0.25) is 0 Å². The Kier molecular flexibility index (Phi) is 7.23. The topological polar surface area (TPSA) is 85.6 Å². The average molecular weight is 585 g/mol. The van der Waals surface area contributed by atoms with Gasteiger partial charge in [-0.2, -0.15) is 5.26 Å². The van der Waals surface area contributed by atoms with Crippen LogP contribution in [-0.2, 0) is 17.6 Å². The Morgan fingerprint density at radius 3 is 2.50 bits per heavy atom. The van der Waals surface area contributed by atoms with Crippen LogP contribution in [0.15, 0.2) is 42.5 Å². The third kappa shape index (κ3) is 5.37. The quantitative estimate of drug-likeness (QED) is 0.264. The molecule has 42 heavy (non-hydrogen) atoms. The Bertz CT molecular complexity index is 1700. The fraction of sp³-hybridized carbons (Fsp3) is 0.375. The van der Waals surface area contributed by atoms with Crippen LogP contribution >= 0.6 is 11.3 Å². The molecule has 0 radical (unpaired) electrons. The van der Waals surface area contributed by atoms with Crippen molar-refractivity contribution in [2.24, 2.45) is 0 Å². The van der Waals surface area contributed by atoms with E-state index < -0.39 is 5.60 Å². The summed E-state index contributed by atoms with van der Waals surface area (Å²) in [4.78, 5) is 29.1. The molecule has 4 aromatic rings. The number of carbonyl (C=O) groups is 1. The molecule has 0 atom stereocenters. The molecule has 216 valence electrons. The van der Waals surface area contributed by atoms with Crippen LogP contribution in [-0.4, -0.2) is 59.8 Å². The Morgan fingerprint density at radius 2 is 1.81 bits per heavy atom. The summed E-state index contributed by atoms with van der Waals surface area (Å²) in [5.41, 5.74) is 6.13. The number of amides is 1. The molecule has 0 saturated carbocycles. The van der Waals surface area contributed by atoms with E-state index in [-0.39, 0.29) is 11.9 Å². The summed E-state index contributed by atoms with van der Waals surface area (Å²) in [6, 6.07) is 14.7. The first-order valence-corrected chi connectivity index (χ1v) is 15.0. The van der Waals surface area contributed by atoms with E-state index in [1.54, 1.807) is 17.0 Å². The van der Waals surface area contributed by atoms with E-state index in [1.165, 1.54) is 29.0 Å². The molecule has 1 aliphatic heterocycles. The summed E-state index contributed by atoms with van der Waals surface area (Å²) in [7, 11) is 1.99. The Balaban J connectivity index is 1.34. The summed E-state index contributed by atoms with van der Waals surface area (Å²) in [5.74, 6) is -0.328. The maximum atomic E-state index is 13.6. The van der Waals surface area contributed by atoms with Crippen LogP contribution in [0.5, 0.6) is 0 Å². The molecule has 3 heterocycles. The van der Waals surface area contributed by atoms with Crippen molar-refractivity contribution in [1.82, 2.24) is 14.9 Å². The number of pyridine rings is 1. The summed E-state index contributed by atoms with van der Waals surface area (Å²) in [6.07, 6.45) is 2.63. The van der Waals surface area contributed by atoms with Crippen LogP contribution in [0, 0.1) is 17.1 Å². The lowest BCUT2D eigenvalue weighted by Gasteiger charge is -2.37. The van der Waals surface area contributed by atoms with Gasteiger partial charge in [0.05, 0.1) is 11.2 Å². The van der Waals surface area contributed by atoms with Gasteiger partial charge in [0, 0.05) is 55.6 Å². The number of halogens is 1. The second-order valence-electron chi connectivity index (χ2n) is 11.7. The highest BCUT2D eigenvalue weighted by molar-refractivity contribution is 7.16. The van der Waals surface area contributed by atoms with E-state index in [0.717, 1.165) is 47.2 Å². The van der Waals surface area contributed by atoms with Gasteiger partial charge in [0.1, 0.15) is 28.1 Å². The molecule has 1 fully saturated rings. The number of benzene rings is 2. The van der Waals surface area contributed by atoms with E-state index in [2.05, 4.69) is 34.1 Å². The highest BCUT2D eigenvalue weighted by Gasteiger charge is 2.28. The van der Waals surface area contributed by atoms with E-state index in [4.69, 9.17) is 14.7 Å². The van der Waals surface area contributed by atoms with Crippen molar-refractivity contribution >= 4 is 44.8 Å². The van der Waals surface area contributed by atoms with Crippen LogP contribution in [0.25, 0.3) is 22.2 Å². The minimum atomic E-state index is -0.520. The molecule has 0 spiro atoms. The number of piperazine rings is 1. The van der Waals surface area contributed by atoms with Gasteiger partial charge in [0.15, 0.2) is 5.13 Å². The van der Waals surface area contributed by atoms with Crippen LogP contribution in [0.4, 0.5) is 25.7 Å². The first kappa shape index (κ1) is 27.9.